The molecule has 0 radical (unpaired) electrons. The number of rotatable bonds is 7. The molecule has 0 amide bonds. The van der Waals surface area contributed by atoms with Crippen LogP contribution in [0.2, 0.25) is 0 Å². The number of methoxy groups -OCH3 is 1. The van der Waals surface area contributed by atoms with E-state index in [9.17, 15) is 4.57 Å². The molecule has 0 bridgehead atoms. The Balaban J connectivity index is 2.76. The van der Waals surface area contributed by atoms with Crippen LogP contribution < -0.4 is 9.47 Å². The third kappa shape index (κ3) is 6.34. The van der Waals surface area contributed by atoms with Crippen molar-refractivity contribution in [3.8, 4) is 11.5 Å². The molecule has 1 rings (SSSR count). The normalized spacial score (nSPS) is 10.8. The Morgan fingerprint density at radius 3 is 2.58 bits per heavy atom. The molecule has 19 heavy (non-hydrogen) atoms. The zero-order valence-corrected chi connectivity index (χ0v) is 12.1. The van der Waals surface area contributed by atoms with Crippen LogP contribution in [0.15, 0.2) is 29.8 Å². The summed E-state index contributed by atoms with van der Waals surface area (Å²) < 4.78 is 25.9. The second-order valence-electron chi connectivity index (χ2n) is 4.12. The Morgan fingerprint density at radius 2 is 2.00 bits per heavy atom. The quantitative estimate of drug-likeness (QED) is 0.615. The Hall–Kier alpha value is -1.42. The van der Waals surface area contributed by atoms with Crippen LogP contribution in [0.1, 0.15) is 19.4 Å². The average Bonchev–Trinajstić information content (AvgIpc) is 2.35. The highest BCUT2D eigenvalue weighted by Gasteiger charge is 2.13. The molecule has 0 heterocycles. The summed E-state index contributed by atoms with van der Waals surface area (Å²) in [5.74, 6) is 1.24. The van der Waals surface area contributed by atoms with Crippen LogP contribution >= 0.6 is 8.25 Å². The molecule has 1 N–H and O–H groups in total. The van der Waals surface area contributed by atoms with Gasteiger partial charge >= 0.3 is 8.25 Å². The first-order valence-electron chi connectivity index (χ1n) is 5.74. The first-order valence-corrected chi connectivity index (χ1v) is 6.87. The fourth-order valence-corrected chi connectivity index (χ4v) is 1.61. The SMILES string of the molecule is COc1cc(CO[P+](=O)O)cc(OCC=C(C)C)c1. The van der Waals surface area contributed by atoms with Gasteiger partial charge in [-0.25, -0.2) is 0 Å². The van der Waals surface area contributed by atoms with E-state index in [-0.39, 0.29) is 6.61 Å². The predicted octanol–water partition coefficient (Wildman–Crippen LogP) is 3.21. The molecule has 1 atom stereocenters. The Morgan fingerprint density at radius 1 is 1.32 bits per heavy atom. The number of ether oxygens (including phenoxy) is 2. The zero-order chi connectivity index (χ0) is 14.3. The second kappa shape index (κ2) is 7.89. The summed E-state index contributed by atoms with van der Waals surface area (Å²) in [6, 6.07) is 5.23. The van der Waals surface area contributed by atoms with Gasteiger partial charge in [0, 0.05) is 10.6 Å². The standard InChI is InChI=1S/C13H17O5P/c1-10(2)4-5-17-13-7-11(9-18-19(14)15)6-12(8-13)16-3/h4,6-8H,5,9H2,1-3H3/p+1. The Bertz CT molecular complexity index is 466. The maximum atomic E-state index is 10.5. The summed E-state index contributed by atoms with van der Waals surface area (Å²) in [5, 5.41) is 0. The van der Waals surface area contributed by atoms with Gasteiger partial charge in [-0.2, -0.15) is 0 Å². The highest BCUT2D eigenvalue weighted by atomic mass is 31.1. The molecule has 0 spiro atoms. The molecule has 6 heteroatoms. The lowest BCUT2D eigenvalue weighted by molar-refractivity contribution is 0.270. The molecule has 0 aliphatic carbocycles. The summed E-state index contributed by atoms with van der Waals surface area (Å²) in [5.41, 5.74) is 1.88. The molecule has 104 valence electrons. The fourth-order valence-electron chi connectivity index (χ4n) is 1.35. The molecule has 1 aromatic carbocycles. The molecule has 0 saturated heterocycles. The minimum Gasteiger partial charge on any atom is -0.497 e. The van der Waals surface area contributed by atoms with Gasteiger partial charge in [0.05, 0.1) is 7.11 Å². The van der Waals surface area contributed by atoms with E-state index in [2.05, 4.69) is 4.52 Å². The predicted molar refractivity (Wildman–Crippen MR) is 72.5 cm³/mol. The van der Waals surface area contributed by atoms with E-state index in [1.165, 1.54) is 5.57 Å². The van der Waals surface area contributed by atoms with E-state index in [1.54, 1.807) is 25.3 Å². The third-order valence-corrected chi connectivity index (χ3v) is 2.61. The van der Waals surface area contributed by atoms with Gasteiger partial charge in [0.25, 0.3) is 0 Å². The van der Waals surface area contributed by atoms with Crippen LogP contribution in [0.4, 0.5) is 0 Å². The van der Waals surface area contributed by atoms with Crippen molar-refractivity contribution < 1.29 is 23.5 Å². The summed E-state index contributed by atoms with van der Waals surface area (Å²) in [4.78, 5) is 8.63. The van der Waals surface area contributed by atoms with Crippen LogP contribution in [0, 0.1) is 0 Å². The van der Waals surface area contributed by atoms with Crippen molar-refractivity contribution in [1.29, 1.82) is 0 Å². The van der Waals surface area contributed by atoms with Gasteiger partial charge in [0.15, 0.2) is 0 Å². The topological polar surface area (TPSA) is 65.0 Å². The molecule has 1 unspecified atom stereocenters. The lowest BCUT2D eigenvalue weighted by Crippen LogP contribution is -1.97. The first kappa shape index (κ1) is 15.6. The number of hydrogen-bond donors (Lipinski definition) is 1. The van der Waals surface area contributed by atoms with E-state index in [4.69, 9.17) is 14.4 Å². The van der Waals surface area contributed by atoms with E-state index in [1.807, 2.05) is 19.9 Å². The van der Waals surface area contributed by atoms with Crippen molar-refractivity contribution in [2.75, 3.05) is 13.7 Å². The molecule has 0 aliphatic heterocycles. The van der Waals surface area contributed by atoms with Gasteiger partial charge < -0.3 is 9.47 Å². The second-order valence-corrected chi connectivity index (χ2v) is 4.85. The van der Waals surface area contributed by atoms with Crippen molar-refractivity contribution in [3.05, 3.63) is 35.4 Å². The van der Waals surface area contributed by atoms with E-state index in [0.717, 1.165) is 0 Å². The number of hydrogen-bond acceptors (Lipinski definition) is 4. The van der Waals surface area contributed by atoms with Crippen LogP contribution in [-0.4, -0.2) is 18.6 Å². The average molecular weight is 285 g/mol. The van der Waals surface area contributed by atoms with Gasteiger partial charge in [-0.3, -0.25) is 0 Å². The van der Waals surface area contributed by atoms with Crippen molar-refractivity contribution in [2.24, 2.45) is 0 Å². The minimum atomic E-state index is -2.61. The Kier molecular flexibility index (Phi) is 6.50. The van der Waals surface area contributed by atoms with E-state index < -0.39 is 8.25 Å². The molecular formula is C13H18O5P+. The van der Waals surface area contributed by atoms with Gasteiger partial charge in [-0.15, -0.1) is 9.42 Å². The first-order chi connectivity index (χ1) is 9.01. The van der Waals surface area contributed by atoms with Crippen LogP contribution in [-0.2, 0) is 15.7 Å². The highest BCUT2D eigenvalue weighted by molar-refractivity contribution is 7.32. The highest BCUT2D eigenvalue weighted by Crippen LogP contribution is 2.26. The van der Waals surface area contributed by atoms with Crippen LogP contribution in [0.25, 0.3) is 0 Å². The molecule has 5 nitrogen and oxygen atoms in total. The number of benzene rings is 1. The van der Waals surface area contributed by atoms with Crippen LogP contribution in [0.3, 0.4) is 0 Å². The molecule has 0 saturated carbocycles. The fraction of sp³-hybridized carbons (Fsp3) is 0.385. The number of allylic oxidation sites excluding steroid dienone is 1. The maximum Gasteiger partial charge on any atom is 0.695 e. The lowest BCUT2D eigenvalue weighted by atomic mass is 10.2. The van der Waals surface area contributed by atoms with Crippen LogP contribution in [0.5, 0.6) is 11.5 Å². The van der Waals surface area contributed by atoms with Gasteiger partial charge in [0.1, 0.15) is 24.7 Å². The summed E-state index contributed by atoms with van der Waals surface area (Å²) in [6.07, 6.45) is 1.96. The van der Waals surface area contributed by atoms with Gasteiger partial charge in [-0.1, -0.05) is 5.57 Å². The molecule has 0 fully saturated rings. The molecule has 1 aromatic rings. The zero-order valence-electron chi connectivity index (χ0n) is 11.3. The molecular weight excluding hydrogens is 267 g/mol. The Labute approximate surface area is 113 Å². The van der Waals surface area contributed by atoms with Gasteiger partial charge in [0.2, 0.25) is 0 Å². The minimum absolute atomic E-state index is 0.0297. The monoisotopic (exact) mass is 285 g/mol. The summed E-state index contributed by atoms with van der Waals surface area (Å²) in [7, 11) is -1.06. The van der Waals surface area contributed by atoms with Crippen molar-refractivity contribution in [3.63, 3.8) is 0 Å². The maximum absolute atomic E-state index is 10.5. The molecule has 0 aliphatic rings. The largest absolute Gasteiger partial charge is 0.695 e. The van der Waals surface area contributed by atoms with E-state index >= 15 is 0 Å². The lowest BCUT2D eigenvalue weighted by Gasteiger charge is -2.08. The van der Waals surface area contributed by atoms with Crippen molar-refractivity contribution >= 4 is 8.25 Å². The summed E-state index contributed by atoms with van der Waals surface area (Å²) in [6.45, 7) is 4.48. The third-order valence-electron chi connectivity index (χ3n) is 2.26. The van der Waals surface area contributed by atoms with Crippen molar-refractivity contribution in [1.82, 2.24) is 0 Å². The van der Waals surface area contributed by atoms with Gasteiger partial charge in [-0.05, 0) is 37.6 Å². The smallest absolute Gasteiger partial charge is 0.497 e. The van der Waals surface area contributed by atoms with Crippen molar-refractivity contribution in [2.45, 2.75) is 20.5 Å². The molecule has 0 aromatic heterocycles. The van der Waals surface area contributed by atoms with E-state index in [0.29, 0.717) is 23.7 Å². The summed E-state index contributed by atoms with van der Waals surface area (Å²) >= 11 is 0.